The number of rotatable bonds is 12. The van der Waals surface area contributed by atoms with E-state index in [9.17, 15) is 19.8 Å². The number of morpholine rings is 2. The highest BCUT2D eigenvalue weighted by Crippen LogP contribution is 2.33. The Labute approximate surface area is 424 Å². The molecule has 6 fully saturated rings. The van der Waals surface area contributed by atoms with Crippen LogP contribution in [0.2, 0.25) is 0 Å². The van der Waals surface area contributed by atoms with Crippen molar-refractivity contribution in [3.05, 3.63) is 59.7 Å². The number of anilines is 6. The second kappa shape index (κ2) is 23.8. The molecule has 4 saturated heterocycles. The summed E-state index contributed by atoms with van der Waals surface area (Å²) in [5.41, 5.74) is 7.24. The third-order valence-corrected chi connectivity index (χ3v) is 15.4. The second-order valence-corrected chi connectivity index (χ2v) is 20.6. The number of aryl methyl sites for hydroxylation is 2. The lowest BCUT2D eigenvalue weighted by molar-refractivity contribution is 0.122. The van der Waals surface area contributed by atoms with Crippen molar-refractivity contribution in [2.75, 3.05) is 110 Å². The number of carbonyl (C=O) groups excluding carboxylic acids is 2. The van der Waals surface area contributed by atoms with Gasteiger partial charge in [0.25, 0.3) is 0 Å². The summed E-state index contributed by atoms with van der Waals surface area (Å²) >= 11 is 0. The normalized spacial score (nSPS) is 24.2. The van der Waals surface area contributed by atoms with Crippen molar-refractivity contribution in [1.29, 1.82) is 0 Å². The first-order chi connectivity index (χ1) is 35.0. The summed E-state index contributed by atoms with van der Waals surface area (Å²) in [7, 11) is 0. The minimum atomic E-state index is -0.268. The van der Waals surface area contributed by atoms with Crippen LogP contribution in [0.3, 0.4) is 0 Å². The van der Waals surface area contributed by atoms with E-state index in [2.05, 4.69) is 58.8 Å². The fourth-order valence-corrected chi connectivity index (χ4v) is 10.8. The number of likely N-dealkylation sites (tertiary alicyclic amines) is 2. The number of benzene rings is 2. The molecular weight excluding hydrogens is 913 g/mol. The smallest absolute Gasteiger partial charge is 0.321 e. The molecule has 6 atom stereocenters. The number of nitrogens with one attached hydrogen (secondary N) is 4. The van der Waals surface area contributed by atoms with Gasteiger partial charge in [-0.2, -0.15) is 9.97 Å². The number of urea groups is 2. The number of nitrogens with zero attached hydrogens (tertiary/aromatic N) is 8. The first-order valence-electron chi connectivity index (χ1n) is 26.6. The van der Waals surface area contributed by atoms with Crippen molar-refractivity contribution in [2.45, 2.75) is 116 Å². The van der Waals surface area contributed by atoms with Gasteiger partial charge < -0.3 is 60.6 Å². The number of aliphatic hydroxyl groups is 2. The molecule has 72 heavy (non-hydrogen) atoms. The molecule has 4 amide bonds. The molecule has 4 aliphatic heterocycles. The number of hydrogen-bond acceptors (Lipinski definition) is 14. The number of aliphatic hydroxyl groups excluding tert-OH is 2. The number of hydrogen-bond donors (Lipinski definition) is 6. The molecule has 6 N–H and O–H groups in total. The molecule has 0 radical (unpaired) electrons. The minimum absolute atomic E-state index is 0.0420. The maximum Gasteiger partial charge on any atom is 0.321 e. The zero-order valence-electron chi connectivity index (χ0n) is 42.7. The summed E-state index contributed by atoms with van der Waals surface area (Å²) in [4.78, 5) is 53.5. The van der Waals surface area contributed by atoms with E-state index in [1.165, 1.54) is 0 Å². The quantitative estimate of drug-likeness (QED) is 0.0803. The van der Waals surface area contributed by atoms with Gasteiger partial charge in [0.15, 0.2) is 0 Å². The van der Waals surface area contributed by atoms with Gasteiger partial charge in [-0.15, -0.1) is 0 Å². The molecule has 6 heterocycles. The first-order valence-corrected chi connectivity index (χ1v) is 26.6. The summed E-state index contributed by atoms with van der Waals surface area (Å²) in [6.45, 7) is 17.6. The highest BCUT2D eigenvalue weighted by Gasteiger charge is 2.29. The maximum atomic E-state index is 12.9. The Morgan fingerprint density at radius 2 is 0.986 bits per heavy atom. The van der Waals surface area contributed by atoms with Crippen LogP contribution >= 0.6 is 0 Å². The van der Waals surface area contributed by atoms with E-state index in [-0.39, 0.29) is 36.4 Å². The third kappa shape index (κ3) is 13.0. The van der Waals surface area contributed by atoms with Crippen molar-refractivity contribution in [2.24, 2.45) is 11.8 Å². The van der Waals surface area contributed by atoms with Crippen molar-refractivity contribution < 1.29 is 29.3 Å². The predicted octanol–water partition coefficient (Wildman–Crippen LogP) is 7.76. The van der Waals surface area contributed by atoms with Gasteiger partial charge >= 0.3 is 12.1 Å². The summed E-state index contributed by atoms with van der Waals surface area (Å²) in [6.07, 6.45) is 8.62. The lowest BCUT2D eigenvalue weighted by Gasteiger charge is -2.28. The van der Waals surface area contributed by atoms with Gasteiger partial charge in [-0.1, -0.05) is 38.8 Å². The lowest BCUT2D eigenvalue weighted by atomic mass is 10.0. The van der Waals surface area contributed by atoms with E-state index in [0.29, 0.717) is 63.0 Å². The van der Waals surface area contributed by atoms with Crippen molar-refractivity contribution in [1.82, 2.24) is 29.7 Å². The Balaban J connectivity index is 0.000000178. The Kier molecular flexibility index (Phi) is 16.9. The van der Waals surface area contributed by atoms with E-state index in [4.69, 9.17) is 29.4 Å². The summed E-state index contributed by atoms with van der Waals surface area (Å²) < 4.78 is 11.1. The second-order valence-electron chi connectivity index (χ2n) is 20.6. The van der Waals surface area contributed by atoms with E-state index >= 15 is 0 Å². The molecule has 0 bridgehead atoms. The Morgan fingerprint density at radius 3 is 1.35 bits per heavy atom. The summed E-state index contributed by atoms with van der Waals surface area (Å²) in [5.74, 6) is 4.06. The lowest BCUT2D eigenvalue weighted by Crippen LogP contribution is -2.37. The molecule has 6 aliphatic rings. The molecule has 18 nitrogen and oxygen atoms in total. The van der Waals surface area contributed by atoms with Gasteiger partial charge in [0.2, 0.25) is 11.9 Å². The van der Waals surface area contributed by atoms with Gasteiger partial charge in [0.1, 0.15) is 11.6 Å². The average Bonchev–Trinajstić information content (AvgIpc) is 4.25. The zero-order chi connectivity index (χ0) is 50.1. The summed E-state index contributed by atoms with van der Waals surface area (Å²) in [6, 6.07) is 16.3. The van der Waals surface area contributed by atoms with Gasteiger partial charge in [-0.3, -0.25) is 0 Å². The van der Waals surface area contributed by atoms with E-state index < -0.39 is 0 Å². The number of carbonyl (C=O) groups is 2. The van der Waals surface area contributed by atoms with Crippen LogP contribution < -0.4 is 31.1 Å². The van der Waals surface area contributed by atoms with Crippen LogP contribution in [0.4, 0.5) is 44.5 Å². The molecule has 18 heteroatoms. The molecule has 2 aliphatic carbocycles. The molecule has 388 valence electrons. The highest BCUT2D eigenvalue weighted by atomic mass is 16.5. The predicted molar refractivity (Wildman–Crippen MR) is 283 cm³/mol. The van der Waals surface area contributed by atoms with Crippen LogP contribution in [0.1, 0.15) is 89.2 Å². The Morgan fingerprint density at radius 1 is 0.569 bits per heavy atom. The summed E-state index contributed by atoms with van der Waals surface area (Å²) in [5, 5.41) is 33.1. The van der Waals surface area contributed by atoms with Crippen LogP contribution in [0.15, 0.2) is 48.5 Å². The van der Waals surface area contributed by atoms with Gasteiger partial charge in [-0.05, 0) is 112 Å². The molecular formula is C54H76N12O6. The van der Waals surface area contributed by atoms with E-state index in [0.717, 1.165) is 160 Å². The van der Waals surface area contributed by atoms with Crippen LogP contribution in [0, 0.1) is 25.7 Å². The largest absolute Gasteiger partial charge is 0.393 e. The topological polar surface area (TPSA) is 206 Å². The maximum absolute atomic E-state index is 12.9. The van der Waals surface area contributed by atoms with Crippen LogP contribution in [0.25, 0.3) is 22.5 Å². The van der Waals surface area contributed by atoms with E-state index in [1.807, 2.05) is 58.3 Å². The monoisotopic (exact) mass is 989 g/mol. The molecule has 2 aromatic heterocycles. The number of aromatic nitrogens is 4. The van der Waals surface area contributed by atoms with Crippen molar-refractivity contribution in [3.63, 3.8) is 0 Å². The van der Waals surface area contributed by atoms with Crippen LogP contribution in [0.5, 0.6) is 0 Å². The van der Waals surface area contributed by atoms with Crippen molar-refractivity contribution in [3.8, 4) is 22.5 Å². The van der Waals surface area contributed by atoms with Gasteiger partial charge in [0.05, 0.1) is 50.0 Å². The highest BCUT2D eigenvalue weighted by molar-refractivity contribution is 5.91. The molecule has 10 rings (SSSR count). The molecule has 0 spiro atoms. The molecule has 0 unspecified atom stereocenters. The number of ether oxygens (including phenoxy) is 2. The van der Waals surface area contributed by atoms with Gasteiger partial charge in [0, 0.05) is 99.1 Å². The van der Waals surface area contributed by atoms with Gasteiger partial charge in [-0.25, -0.2) is 19.6 Å². The van der Waals surface area contributed by atoms with Crippen LogP contribution in [-0.4, -0.2) is 155 Å². The fraction of sp³-hybridized carbons (Fsp3) is 0.593. The standard InChI is InChI=1S/2C27H38N6O3/c2*1-3-19-8-9-33(17-19)27(35)29-21-5-4-18(2)23(15-21)24-16-25(32-10-12-36-13-11-32)31-26(30-24)28-20-6-7-22(34)14-20/h2*4-5,15-16,19-20,22,34H,3,6-14,17H2,1-2H3,(H,29,35)(H,28,30,31)/t19-,20+,22+;19-,20-,22-/m11/s1. The minimum Gasteiger partial charge on any atom is -0.393 e. The van der Waals surface area contributed by atoms with Crippen LogP contribution in [-0.2, 0) is 9.47 Å². The SMILES string of the molecule is CC[C@@H]1CCN(C(=O)Nc2ccc(C)c(-c3cc(N4CCOCC4)nc(N[C@@H]4CC[C@@H](O)C4)n3)c2)C1.CC[C@@H]1CCN(C(=O)Nc2ccc(C)c(-c3cc(N4CCOCC4)nc(N[C@H]4CC[C@H](O)C4)n3)c2)C1. The average molecular weight is 989 g/mol. The Hall–Kier alpha value is -5.82. The van der Waals surface area contributed by atoms with Crippen molar-refractivity contribution >= 4 is 47.0 Å². The fourth-order valence-electron chi connectivity index (χ4n) is 10.8. The first kappa shape index (κ1) is 51.1. The zero-order valence-corrected chi connectivity index (χ0v) is 42.7. The molecule has 4 aromatic rings. The molecule has 2 saturated carbocycles. The van der Waals surface area contributed by atoms with E-state index in [1.54, 1.807) is 0 Å². The Bertz CT molecular complexity index is 2320. The number of amides is 4. The molecule has 2 aromatic carbocycles. The third-order valence-electron chi connectivity index (χ3n) is 15.4.